The molecule has 0 bridgehead atoms. The van der Waals surface area contributed by atoms with E-state index in [-0.39, 0.29) is 6.08 Å². The first-order chi connectivity index (χ1) is 12.0. The van der Waals surface area contributed by atoms with Gasteiger partial charge in [-0.25, -0.2) is 9.59 Å². The van der Waals surface area contributed by atoms with E-state index >= 15 is 0 Å². The molecule has 2 rings (SSSR count). The fourth-order valence-electron chi connectivity index (χ4n) is 1.43. The lowest BCUT2D eigenvalue weighted by Crippen LogP contribution is -2.08. The van der Waals surface area contributed by atoms with Crippen LogP contribution in [0.4, 0.5) is 0 Å². The van der Waals surface area contributed by atoms with Crippen LogP contribution in [0.5, 0.6) is 6.08 Å². The molecule has 0 spiro atoms. The van der Waals surface area contributed by atoms with Gasteiger partial charge in [-0.2, -0.15) is 0 Å². The van der Waals surface area contributed by atoms with E-state index in [4.69, 9.17) is 9.15 Å². The highest BCUT2D eigenvalue weighted by Crippen LogP contribution is 2.11. The third-order valence-corrected chi connectivity index (χ3v) is 2.67. The molecule has 2 aromatic rings. The third kappa shape index (κ3) is 7.89. The van der Waals surface area contributed by atoms with Crippen LogP contribution in [-0.2, 0) is 14.3 Å². The van der Waals surface area contributed by atoms with Crippen molar-refractivity contribution in [2.75, 3.05) is 20.3 Å². The summed E-state index contributed by atoms with van der Waals surface area (Å²) in [5, 5.41) is 7.12. The number of aromatic nitrogens is 2. The molecule has 0 saturated carbocycles. The van der Waals surface area contributed by atoms with Crippen LogP contribution in [0.3, 0.4) is 0 Å². The Hall–Kier alpha value is -3.00. The predicted octanol–water partition coefficient (Wildman–Crippen LogP) is 2.27. The van der Waals surface area contributed by atoms with Crippen molar-refractivity contribution in [3.8, 4) is 6.08 Å². The maximum atomic E-state index is 11.6. The van der Waals surface area contributed by atoms with E-state index in [2.05, 4.69) is 26.3 Å². The fourth-order valence-corrected chi connectivity index (χ4v) is 1.43. The molecule has 0 amide bonds. The standard InChI is InChI=1S/C11H10N2O3.C6H10O3/c1-7-3-5-9(6-4-7)10(14)16-11-13-12-8(2)15-11;1-3-6(7)9-5-4-8-2/h3-6H,1-2H3;3H,1,4-5H2,2H3. The van der Waals surface area contributed by atoms with Gasteiger partial charge in [-0.3, -0.25) is 0 Å². The average Bonchev–Trinajstić information content (AvgIpc) is 3.01. The van der Waals surface area contributed by atoms with E-state index < -0.39 is 11.9 Å². The van der Waals surface area contributed by atoms with Gasteiger partial charge in [0, 0.05) is 20.1 Å². The summed E-state index contributed by atoms with van der Waals surface area (Å²) in [6.07, 6.45) is 0.985. The van der Waals surface area contributed by atoms with Gasteiger partial charge in [-0.15, -0.1) is 5.10 Å². The molecule has 25 heavy (non-hydrogen) atoms. The Balaban J connectivity index is 0.000000299. The first-order valence-corrected chi connectivity index (χ1v) is 7.33. The van der Waals surface area contributed by atoms with Crippen molar-refractivity contribution in [2.24, 2.45) is 0 Å². The zero-order valence-corrected chi connectivity index (χ0v) is 14.4. The van der Waals surface area contributed by atoms with E-state index in [1.165, 1.54) is 0 Å². The van der Waals surface area contributed by atoms with Gasteiger partial charge in [0.05, 0.1) is 12.2 Å². The van der Waals surface area contributed by atoms with Crippen molar-refractivity contribution < 1.29 is 28.2 Å². The number of rotatable bonds is 6. The summed E-state index contributed by atoms with van der Waals surface area (Å²) in [5.74, 6) is -0.567. The number of hydrogen-bond donors (Lipinski definition) is 0. The van der Waals surface area contributed by atoms with E-state index in [0.717, 1.165) is 11.6 Å². The molecule has 8 nitrogen and oxygen atoms in total. The Morgan fingerprint density at radius 2 is 1.84 bits per heavy atom. The summed E-state index contributed by atoms with van der Waals surface area (Å²) in [6, 6.07) is 7.02. The summed E-state index contributed by atoms with van der Waals surface area (Å²) in [7, 11) is 1.54. The Labute approximate surface area is 145 Å². The zero-order valence-electron chi connectivity index (χ0n) is 14.4. The van der Waals surface area contributed by atoms with E-state index in [9.17, 15) is 9.59 Å². The minimum Gasteiger partial charge on any atom is -0.460 e. The second-order valence-corrected chi connectivity index (χ2v) is 4.71. The molecule has 0 N–H and O–H groups in total. The lowest BCUT2D eigenvalue weighted by atomic mass is 10.2. The maximum Gasteiger partial charge on any atom is 0.422 e. The number of aryl methyl sites for hydroxylation is 2. The first kappa shape index (κ1) is 20.0. The highest BCUT2D eigenvalue weighted by atomic mass is 16.6. The van der Waals surface area contributed by atoms with Crippen molar-refractivity contribution in [2.45, 2.75) is 13.8 Å². The maximum absolute atomic E-state index is 11.6. The second kappa shape index (κ2) is 10.7. The fraction of sp³-hybridized carbons (Fsp3) is 0.294. The Bertz CT molecular complexity index is 693. The second-order valence-electron chi connectivity index (χ2n) is 4.71. The molecule has 0 saturated heterocycles. The van der Waals surface area contributed by atoms with Crippen LogP contribution >= 0.6 is 0 Å². The van der Waals surface area contributed by atoms with Gasteiger partial charge in [-0.05, 0) is 19.1 Å². The predicted molar refractivity (Wildman–Crippen MR) is 88.2 cm³/mol. The number of methoxy groups -OCH3 is 1. The number of carbonyl (C=O) groups is 2. The number of ether oxygens (including phenoxy) is 3. The molecule has 0 radical (unpaired) electrons. The van der Waals surface area contributed by atoms with Gasteiger partial charge >= 0.3 is 18.0 Å². The molecule has 8 heteroatoms. The van der Waals surface area contributed by atoms with E-state index in [1.54, 1.807) is 26.2 Å². The summed E-state index contributed by atoms with van der Waals surface area (Å²) in [5.41, 5.74) is 1.52. The van der Waals surface area contributed by atoms with Crippen LogP contribution in [-0.4, -0.2) is 42.5 Å². The summed E-state index contributed by atoms with van der Waals surface area (Å²) >= 11 is 0. The SMILES string of the molecule is C=CC(=O)OCCOC.Cc1ccc(C(=O)Oc2nnc(C)o2)cc1. The average molecular weight is 348 g/mol. The smallest absolute Gasteiger partial charge is 0.422 e. The van der Waals surface area contributed by atoms with Crippen LogP contribution in [0, 0.1) is 13.8 Å². The molecular formula is C17H20N2O6. The minimum atomic E-state index is -0.511. The van der Waals surface area contributed by atoms with Gasteiger partial charge < -0.3 is 18.6 Å². The van der Waals surface area contributed by atoms with Gasteiger partial charge in [0.15, 0.2) is 0 Å². The van der Waals surface area contributed by atoms with E-state index in [1.807, 2.05) is 19.1 Å². The van der Waals surface area contributed by atoms with Gasteiger partial charge in [0.1, 0.15) is 6.61 Å². The lowest BCUT2D eigenvalue weighted by molar-refractivity contribution is -0.138. The van der Waals surface area contributed by atoms with Crippen molar-refractivity contribution in [3.63, 3.8) is 0 Å². The minimum absolute atomic E-state index is 0.136. The van der Waals surface area contributed by atoms with Gasteiger partial charge in [0.2, 0.25) is 5.89 Å². The summed E-state index contributed by atoms with van der Waals surface area (Å²) in [6.45, 7) is 7.51. The summed E-state index contributed by atoms with van der Waals surface area (Å²) < 4.78 is 19.0. The third-order valence-electron chi connectivity index (χ3n) is 2.67. The molecule has 0 unspecified atom stereocenters. The normalized spacial score (nSPS) is 9.56. The number of benzene rings is 1. The highest BCUT2D eigenvalue weighted by Gasteiger charge is 2.12. The lowest BCUT2D eigenvalue weighted by Gasteiger charge is -1.99. The van der Waals surface area contributed by atoms with E-state index in [0.29, 0.717) is 24.7 Å². The molecular weight excluding hydrogens is 328 g/mol. The highest BCUT2D eigenvalue weighted by molar-refractivity contribution is 5.90. The van der Waals surface area contributed by atoms with Crippen molar-refractivity contribution in [1.82, 2.24) is 10.2 Å². The van der Waals surface area contributed by atoms with Crippen LogP contribution in [0.15, 0.2) is 41.3 Å². The molecule has 1 heterocycles. The molecule has 0 atom stereocenters. The molecule has 0 fully saturated rings. The molecule has 0 aliphatic rings. The Morgan fingerprint density at radius 1 is 1.16 bits per heavy atom. The first-order valence-electron chi connectivity index (χ1n) is 7.33. The molecule has 0 aliphatic carbocycles. The topological polar surface area (TPSA) is 101 Å². The van der Waals surface area contributed by atoms with Crippen LogP contribution in [0.2, 0.25) is 0 Å². The molecule has 1 aromatic heterocycles. The monoisotopic (exact) mass is 348 g/mol. The number of nitrogens with zero attached hydrogens (tertiary/aromatic N) is 2. The van der Waals surface area contributed by atoms with Crippen LogP contribution < -0.4 is 4.74 Å². The molecule has 0 aliphatic heterocycles. The Morgan fingerprint density at radius 3 is 2.36 bits per heavy atom. The van der Waals surface area contributed by atoms with Crippen molar-refractivity contribution >= 4 is 11.9 Å². The van der Waals surface area contributed by atoms with Gasteiger partial charge in [0.25, 0.3) is 0 Å². The van der Waals surface area contributed by atoms with Gasteiger partial charge in [-0.1, -0.05) is 29.4 Å². The number of hydrogen-bond acceptors (Lipinski definition) is 8. The molecule has 134 valence electrons. The number of esters is 2. The summed E-state index contributed by atoms with van der Waals surface area (Å²) in [4.78, 5) is 21.9. The quantitative estimate of drug-likeness (QED) is 0.445. The zero-order chi connectivity index (χ0) is 18.7. The Kier molecular flexibility index (Phi) is 8.59. The van der Waals surface area contributed by atoms with Crippen LogP contribution in [0.25, 0.3) is 0 Å². The molecule has 1 aromatic carbocycles. The largest absolute Gasteiger partial charge is 0.460 e. The van der Waals surface area contributed by atoms with Crippen molar-refractivity contribution in [1.29, 1.82) is 0 Å². The van der Waals surface area contributed by atoms with Crippen LogP contribution in [0.1, 0.15) is 21.8 Å². The number of carbonyl (C=O) groups excluding carboxylic acids is 2. The van der Waals surface area contributed by atoms with Crippen molar-refractivity contribution in [3.05, 3.63) is 53.9 Å².